The monoisotopic (exact) mass is 434 g/mol. The summed E-state index contributed by atoms with van der Waals surface area (Å²) in [7, 11) is 0. The highest BCUT2D eigenvalue weighted by atomic mass is 32.1. The first-order valence-corrected chi connectivity index (χ1v) is 10.4. The van der Waals surface area contributed by atoms with Crippen LogP contribution >= 0.6 is 11.3 Å². The normalized spacial score (nSPS) is 12.0. The maximum absolute atomic E-state index is 13.0. The Balaban J connectivity index is 1.50. The molecule has 1 aromatic heterocycles. The van der Waals surface area contributed by atoms with Gasteiger partial charge in [-0.3, -0.25) is 4.79 Å². The standard InChI is InChI=1S/C23H18N2O5S/c24-13-16-3-5-17(6-4-16)23(27)30-15-22(26)25(14-19-2-1-11-31-19)18-7-8-20-21(12-18)29-10-9-28-20/h1-8,11-12H,9-10,14-15H2. The molecule has 1 amide bonds. The lowest BCUT2D eigenvalue weighted by Gasteiger charge is -2.25. The Hall–Kier alpha value is -3.83. The number of thiophene rings is 1. The molecular formula is C23H18N2O5S. The molecule has 156 valence electrons. The lowest BCUT2D eigenvalue weighted by Crippen LogP contribution is -2.34. The van der Waals surface area contributed by atoms with Crippen LogP contribution in [0.1, 0.15) is 20.8 Å². The average molecular weight is 434 g/mol. The van der Waals surface area contributed by atoms with Gasteiger partial charge in [0.25, 0.3) is 5.91 Å². The number of rotatable bonds is 6. The third-order valence-electron chi connectivity index (χ3n) is 4.61. The van der Waals surface area contributed by atoms with Crippen LogP contribution in [-0.4, -0.2) is 31.7 Å². The van der Waals surface area contributed by atoms with Gasteiger partial charge in [0, 0.05) is 16.6 Å². The van der Waals surface area contributed by atoms with Gasteiger partial charge in [0.15, 0.2) is 18.1 Å². The number of carbonyl (C=O) groups excluding carboxylic acids is 2. The minimum atomic E-state index is -0.629. The summed E-state index contributed by atoms with van der Waals surface area (Å²) in [6.07, 6.45) is 0. The summed E-state index contributed by atoms with van der Waals surface area (Å²) in [4.78, 5) is 27.9. The first kappa shape index (κ1) is 20.4. The van der Waals surface area contributed by atoms with Crippen molar-refractivity contribution in [1.82, 2.24) is 0 Å². The number of amides is 1. The van der Waals surface area contributed by atoms with Crippen molar-refractivity contribution in [2.24, 2.45) is 0 Å². The Morgan fingerprint density at radius 1 is 1.06 bits per heavy atom. The molecule has 0 fully saturated rings. The van der Waals surface area contributed by atoms with Crippen LogP contribution in [0.4, 0.5) is 5.69 Å². The average Bonchev–Trinajstić information content (AvgIpc) is 3.34. The van der Waals surface area contributed by atoms with E-state index < -0.39 is 12.6 Å². The third-order valence-corrected chi connectivity index (χ3v) is 5.47. The molecule has 0 unspecified atom stereocenters. The molecule has 4 rings (SSSR count). The van der Waals surface area contributed by atoms with Crippen LogP contribution in [0.25, 0.3) is 0 Å². The summed E-state index contributed by atoms with van der Waals surface area (Å²) >= 11 is 1.53. The van der Waals surface area contributed by atoms with E-state index in [4.69, 9.17) is 19.5 Å². The molecule has 1 aliphatic rings. The lowest BCUT2D eigenvalue weighted by atomic mass is 10.1. The minimum absolute atomic E-state index is 0.274. The smallest absolute Gasteiger partial charge is 0.338 e. The molecule has 7 nitrogen and oxygen atoms in total. The molecule has 2 aromatic carbocycles. The Labute approximate surface area is 183 Å². The Morgan fingerprint density at radius 3 is 2.55 bits per heavy atom. The number of anilines is 1. The molecule has 0 radical (unpaired) electrons. The fourth-order valence-electron chi connectivity index (χ4n) is 3.05. The fraction of sp³-hybridized carbons (Fsp3) is 0.174. The Morgan fingerprint density at radius 2 is 1.84 bits per heavy atom. The Bertz CT molecular complexity index is 1120. The summed E-state index contributed by atoms with van der Waals surface area (Å²) in [6.45, 7) is 0.843. The van der Waals surface area contributed by atoms with E-state index in [1.165, 1.54) is 35.6 Å². The number of carbonyl (C=O) groups is 2. The van der Waals surface area contributed by atoms with Gasteiger partial charge in [0.05, 0.1) is 23.7 Å². The van der Waals surface area contributed by atoms with Crippen LogP contribution in [0.5, 0.6) is 11.5 Å². The molecule has 1 aliphatic heterocycles. The number of hydrogen-bond acceptors (Lipinski definition) is 7. The van der Waals surface area contributed by atoms with Gasteiger partial charge in [-0.1, -0.05) is 6.07 Å². The van der Waals surface area contributed by atoms with Crippen molar-refractivity contribution in [2.45, 2.75) is 6.54 Å². The van der Waals surface area contributed by atoms with Gasteiger partial charge in [-0.15, -0.1) is 11.3 Å². The predicted molar refractivity (Wildman–Crippen MR) is 114 cm³/mol. The number of benzene rings is 2. The maximum atomic E-state index is 13.0. The number of ether oxygens (including phenoxy) is 3. The van der Waals surface area contributed by atoms with Crippen LogP contribution < -0.4 is 14.4 Å². The summed E-state index contributed by atoms with van der Waals surface area (Å²) in [6, 6.07) is 17.2. The second kappa shape index (κ2) is 9.32. The summed E-state index contributed by atoms with van der Waals surface area (Å²) in [5.74, 6) is 0.205. The molecule has 0 N–H and O–H groups in total. The van der Waals surface area contributed by atoms with E-state index in [1.807, 2.05) is 23.6 Å². The number of hydrogen-bond donors (Lipinski definition) is 0. The molecule has 0 aliphatic carbocycles. The topological polar surface area (TPSA) is 88.9 Å². The highest BCUT2D eigenvalue weighted by molar-refractivity contribution is 7.09. The van der Waals surface area contributed by atoms with Gasteiger partial charge in [-0.05, 0) is 47.8 Å². The third kappa shape index (κ3) is 4.85. The summed E-state index contributed by atoms with van der Waals surface area (Å²) in [5, 5.41) is 10.8. The van der Waals surface area contributed by atoms with Crippen molar-refractivity contribution < 1.29 is 23.8 Å². The van der Waals surface area contributed by atoms with Gasteiger partial charge in [-0.2, -0.15) is 5.26 Å². The van der Waals surface area contributed by atoms with Crippen molar-refractivity contribution in [1.29, 1.82) is 5.26 Å². The zero-order valence-electron chi connectivity index (χ0n) is 16.4. The highest BCUT2D eigenvalue weighted by Crippen LogP contribution is 2.34. The second-order valence-electron chi connectivity index (χ2n) is 6.65. The van der Waals surface area contributed by atoms with Crippen molar-refractivity contribution in [3.05, 3.63) is 76.0 Å². The molecule has 31 heavy (non-hydrogen) atoms. The van der Waals surface area contributed by atoms with E-state index in [0.29, 0.717) is 42.5 Å². The van der Waals surface area contributed by atoms with Crippen LogP contribution in [0.2, 0.25) is 0 Å². The number of nitriles is 1. The van der Waals surface area contributed by atoms with Crippen molar-refractivity contribution in [3.63, 3.8) is 0 Å². The molecule has 0 saturated heterocycles. The lowest BCUT2D eigenvalue weighted by molar-refractivity contribution is -0.121. The van der Waals surface area contributed by atoms with E-state index in [-0.39, 0.29) is 11.5 Å². The van der Waals surface area contributed by atoms with Gasteiger partial charge in [0.1, 0.15) is 13.2 Å². The summed E-state index contributed by atoms with van der Waals surface area (Å²) < 4.78 is 16.4. The molecule has 0 atom stereocenters. The zero-order chi connectivity index (χ0) is 21.6. The van der Waals surface area contributed by atoms with Gasteiger partial charge in [-0.25, -0.2) is 4.79 Å². The van der Waals surface area contributed by atoms with Crippen LogP contribution in [-0.2, 0) is 16.1 Å². The molecule has 0 bridgehead atoms. The van der Waals surface area contributed by atoms with E-state index in [9.17, 15) is 9.59 Å². The van der Waals surface area contributed by atoms with Gasteiger partial charge in [0.2, 0.25) is 0 Å². The number of nitrogens with zero attached hydrogens (tertiary/aromatic N) is 2. The molecule has 0 spiro atoms. The first-order valence-electron chi connectivity index (χ1n) is 9.54. The quantitative estimate of drug-likeness (QED) is 0.549. The highest BCUT2D eigenvalue weighted by Gasteiger charge is 2.22. The fourth-order valence-corrected chi connectivity index (χ4v) is 3.74. The van der Waals surface area contributed by atoms with E-state index >= 15 is 0 Å². The van der Waals surface area contributed by atoms with E-state index in [0.717, 1.165) is 4.88 Å². The molecular weight excluding hydrogens is 416 g/mol. The zero-order valence-corrected chi connectivity index (χ0v) is 17.3. The van der Waals surface area contributed by atoms with Crippen molar-refractivity contribution >= 4 is 28.9 Å². The van der Waals surface area contributed by atoms with Crippen LogP contribution in [0.15, 0.2) is 60.0 Å². The van der Waals surface area contributed by atoms with Gasteiger partial charge < -0.3 is 19.1 Å². The molecule has 0 saturated carbocycles. The number of esters is 1. The maximum Gasteiger partial charge on any atom is 0.338 e. The SMILES string of the molecule is N#Cc1ccc(C(=O)OCC(=O)N(Cc2cccs2)c2ccc3c(c2)OCCO3)cc1. The van der Waals surface area contributed by atoms with E-state index in [1.54, 1.807) is 23.1 Å². The molecule has 3 aromatic rings. The van der Waals surface area contributed by atoms with Crippen molar-refractivity contribution in [2.75, 3.05) is 24.7 Å². The first-order chi connectivity index (χ1) is 15.1. The van der Waals surface area contributed by atoms with Crippen LogP contribution in [0.3, 0.4) is 0 Å². The van der Waals surface area contributed by atoms with Gasteiger partial charge >= 0.3 is 5.97 Å². The number of fused-ring (bicyclic) bond motifs is 1. The van der Waals surface area contributed by atoms with Crippen LogP contribution in [0, 0.1) is 11.3 Å². The molecule has 8 heteroatoms. The predicted octanol–water partition coefficient (Wildman–Crippen LogP) is 3.78. The van der Waals surface area contributed by atoms with Crippen molar-refractivity contribution in [3.8, 4) is 17.6 Å². The molecule has 2 heterocycles. The largest absolute Gasteiger partial charge is 0.486 e. The van der Waals surface area contributed by atoms with E-state index in [2.05, 4.69) is 0 Å². The summed E-state index contributed by atoms with van der Waals surface area (Å²) in [5.41, 5.74) is 1.33. The Kier molecular flexibility index (Phi) is 6.15. The second-order valence-corrected chi connectivity index (χ2v) is 7.68. The minimum Gasteiger partial charge on any atom is -0.486 e.